The van der Waals surface area contributed by atoms with E-state index in [1.165, 1.54) is 6.20 Å². The van der Waals surface area contributed by atoms with Crippen LogP contribution in [-0.2, 0) is 5.75 Å². The molecule has 0 fully saturated rings. The van der Waals surface area contributed by atoms with Gasteiger partial charge in [-0.05, 0) is 30.3 Å². The number of benzene rings is 1. The highest BCUT2D eigenvalue weighted by Gasteiger charge is 2.05. The van der Waals surface area contributed by atoms with Gasteiger partial charge in [0, 0.05) is 27.0 Å². The summed E-state index contributed by atoms with van der Waals surface area (Å²) in [6.07, 6.45) is 1.36. The van der Waals surface area contributed by atoms with E-state index in [4.69, 9.17) is 10.8 Å². The summed E-state index contributed by atoms with van der Waals surface area (Å²) in [5.41, 5.74) is 7.60. The van der Waals surface area contributed by atoms with Crippen molar-refractivity contribution in [3.8, 4) is 0 Å². The fourth-order valence-corrected chi connectivity index (χ4v) is 2.85. The third kappa shape index (κ3) is 3.71. The quantitative estimate of drug-likeness (QED) is 0.659. The zero-order chi connectivity index (χ0) is 13.8. The van der Waals surface area contributed by atoms with Crippen molar-refractivity contribution in [2.24, 2.45) is 0 Å². The Hall–Kier alpha value is -1.53. The lowest BCUT2D eigenvalue weighted by molar-refractivity contribution is 0.0696. The van der Waals surface area contributed by atoms with Crippen molar-refractivity contribution < 1.29 is 9.90 Å². The minimum Gasteiger partial charge on any atom is -0.478 e. The Morgan fingerprint density at radius 1 is 1.37 bits per heavy atom. The van der Waals surface area contributed by atoms with E-state index >= 15 is 0 Å². The molecule has 0 unspecified atom stereocenters. The molecule has 4 nitrogen and oxygen atoms in total. The number of halogens is 1. The van der Waals surface area contributed by atoms with Crippen LogP contribution in [0.15, 0.2) is 45.9 Å². The van der Waals surface area contributed by atoms with Crippen molar-refractivity contribution in [3.63, 3.8) is 0 Å². The van der Waals surface area contributed by atoms with Crippen molar-refractivity contribution >= 4 is 39.3 Å². The van der Waals surface area contributed by atoms with Gasteiger partial charge in [-0.25, -0.2) is 4.79 Å². The zero-order valence-electron chi connectivity index (χ0n) is 9.84. The number of pyridine rings is 1. The second-order valence-electron chi connectivity index (χ2n) is 3.81. The molecule has 98 valence electrons. The maximum atomic E-state index is 10.7. The first-order valence-electron chi connectivity index (χ1n) is 5.42. The molecule has 0 saturated heterocycles. The number of thioether (sulfide) groups is 1. The molecule has 0 aliphatic heterocycles. The summed E-state index contributed by atoms with van der Waals surface area (Å²) in [4.78, 5) is 15.8. The Morgan fingerprint density at radius 2 is 2.16 bits per heavy atom. The van der Waals surface area contributed by atoms with Crippen LogP contribution in [0, 0.1) is 0 Å². The largest absolute Gasteiger partial charge is 0.478 e. The molecule has 2 rings (SSSR count). The molecule has 0 aliphatic rings. The molecule has 0 amide bonds. The molecule has 6 heteroatoms. The van der Waals surface area contributed by atoms with Gasteiger partial charge in [-0.3, -0.25) is 4.98 Å². The van der Waals surface area contributed by atoms with Crippen LogP contribution in [-0.4, -0.2) is 16.1 Å². The molecule has 19 heavy (non-hydrogen) atoms. The highest BCUT2D eigenvalue weighted by atomic mass is 79.9. The summed E-state index contributed by atoms with van der Waals surface area (Å²) in [6, 6.07) is 8.94. The van der Waals surface area contributed by atoms with E-state index in [0.29, 0.717) is 5.75 Å². The molecule has 0 bridgehead atoms. The number of carboxylic acids is 1. The van der Waals surface area contributed by atoms with E-state index < -0.39 is 5.97 Å². The molecule has 1 heterocycles. The summed E-state index contributed by atoms with van der Waals surface area (Å²) < 4.78 is 0.971. The van der Waals surface area contributed by atoms with Crippen LogP contribution in [0.1, 0.15) is 16.1 Å². The van der Waals surface area contributed by atoms with Gasteiger partial charge in [0.25, 0.3) is 0 Å². The van der Waals surface area contributed by atoms with Crippen molar-refractivity contribution in [1.82, 2.24) is 4.98 Å². The van der Waals surface area contributed by atoms with Gasteiger partial charge < -0.3 is 10.8 Å². The highest BCUT2D eigenvalue weighted by molar-refractivity contribution is 9.10. The van der Waals surface area contributed by atoms with Gasteiger partial charge in [-0.15, -0.1) is 11.8 Å². The molecule has 0 atom stereocenters. The van der Waals surface area contributed by atoms with E-state index in [1.54, 1.807) is 23.9 Å². The number of aromatic nitrogens is 1. The molecule has 3 N–H and O–H groups in total. The predicted molar refractivity (Wildman–Crippen MR) is 79.3 cm³/mol. The normalized spacial score (nSPS) is 10.4. The third-order valence-corrected chi connectivity index (χ3v) is 4.02. The fourth-order valence-electron chi connectivity index (χ4n) is 1.42. The summed E-state index contributed by atoms with van der Waals surface area (Å²) in [6.45, 7) is 0. The monoisotopic (exact) mass is 338 g/mol. The molecular formula is C13H11BrN2O2S. The molecule has 0 saturated carbocycles. The highest BCUT2D eigenvalue weighted by Crippen LogP contribution is 2.30. The van der Waals surface area contributed by atoms with Crippen molar-refractivity contribution in [2.75, 3.05) is 5.73 Å². The Labute approximate surface area is 123 Å². The van der Waals surface area contributed by atoms with Crippen LogP contribution < -0.4 is 5.73 Å². The average Bonchev–Trinajstić information content (AvgIpc) is 2.40. The van der Waals surface area contributed by atoms with E-state index in [-0.39, 0.29) is 5.56 Å². The zero-order valence-corrected chi connectivity index (χ0v) is 12.2. The van der Waals surface area contributed by atoms with Gasteiger partial charge in [0.05, 0.1) is 11.3 Å². The maximum absolute atomic E-state index is 10.7. The Morgan fingerprint density at radius 3 is 2.79 bits per heavy atom. The van der Waals surface area contributed by atoms with Crippen LogP contribution in [0.4, 0.5) is 5.69 Å². The molecular weight excluding hydrogens is 328 g/mol. The number of rotatable bonds is 4. The number of hydrogen-bond acceptors (Lipinski definition) is 4. The topological polar surface area (TPSA) is 76.2 Å². The summed E-state index contributed by atoms with van der Waals surface area (Å²) in [5, 5.41) is 8.78. The Balaban J connectivity index is 2.06. The van der Waals surface area contributed by atoms with Crippen LogP contribution in [0.25, 0.3) is 0 Å². The van der Waals surface area contributed by atoms with Gasteiger partial charge in [0.15, 0.2) is 0 Å². The summed E-state index contributed by atoms with van der Waals surface area (Å²) in [7, 11) is 0. The SMILES string of the molecule is Nc1ccc(Br)cc1SCc1ccc(C(=O)O)cn1. The summed E-state index contributed by atoms with van der Waals surface area (Å²) in [5.74, 6) is -0.330. The van der Waals surface area contributed by atoms with Crippen molar-refractivity contribution in [1.29, 1.82) is 0 Å². The minimum atomic E-state index is -0.970. The first kappa shape index (κ1) is 13.9. The minimum absolute atomic E-state index is 0.190. The molecule has 0 aliphatic carbocycles. The van der Waals surface area contributed by atoms with E-state index in [1.807, 2.05) is 18.2 Å². The molecule has 1 aromatic heterocycles. The average molecular weight is 339 g/mol. The van der Waals surface area contributed by atoms with E-state index in [2.05, 4.69) is 20.9 Å². The van der Waals surface area contributed by atoms with Crippen LogP contribution >= 0.6 is 27.7 Å². The first-order valence-corrected chi connectivity index (χ1v) is 7.20. The lowest BCUT2D eigenvalue weighted by atomic mass is 10.2. The third-order valence-electron chi connectivity index (χ3n) is 2.42. The fraction of sp³-hybridized carbons (Fsp3) is 0.0769. The van der Waals surface area contributed by atoms with Gasteiger partial charge >= 0.3 is 5.97 Å². The van der Waals surface area contributed by atoms with Crippen molar-refractivity contribution in [2.45, 2.75) is 10.6 Å². The lowest BCUT2D eigenvalue weighted by Crippen LogP contribution is -1.98. The Bertz CT molecular complexity index is 602. The lowest BCUT2D eigenvalue weighted by Gasteiger charge is -2.06. The first-order chi connectivity index (χ1) is 9.06. The number of nitrogens with zero attached hydrogens (tertiary/aromatic N) is 1. The molecule has 0 spiro atoms. The maximum Gasteiger partial charge on any atom is 0.337 e. The number of carboxylic acid groups (broad SMARTS) is 1. The van der Waals surface area contributed by atoms with Gasteiger partial charge in [0.1, 0.15) is 0 Å². The van der Waals surface area contributed by atoms with Crippen LogP contribution in [0.3, 0.4) is 0 Å². The molecule has 0 radical (unpaired) electrons. The molecule has 1 aromatic carbocycles. The number of aromatic carboxylic acids is 1. The van der Waals surface area contributed by atoms with E-state index in [9.17, 15) is 4.79 Å². The number of nitrogen functional groups attached to an aromatic ring is 1. The van der Waals surface area contributed by atoms with E-state index in [0.717, 1.165) is 20.7 Å². The summed E-state index contributed by atoms with van der Waals surface area (Å²) >= 11 is 4.96. The van der Waals surface area contributed by atoms with Gasteiger partial charge in [-0.2, -0.15) is 0 Å². The van der Waals surface area contributed by atoms with Gasteiger partial charge in [-0.1, -0.05) is 15.9 Å². The number of anilines is 1. The second-order valence-corrected chi connectivity index (χ2v) is 5.75. The van der Waals surface area contributed by atoms with Gasteiger partial charge in [0.2, 0.25) is 0 Å². The number of hydrogen-bond donors (Lipinski definition) is 2. The Kier molecular flexibility index (Phi) is 4.44. The second kappa shape index (κ2) is 6.08. The standard InChI is InChI=1S/C13H11BrN2O2S/c14-9-2-4-11(15)12(5-9)19-7-10-3-1-8(6-16-10)13(17)18/h1-6H,7,15H2,(H,17,18). The molecule has 2 aromatic rings. The smallest absolute Gasteiger partial charge is 0.337 e. The predicted octanol–water partition coefficient (Wildman–Crippen LogP) is 3.42. The van der Waals surface area contributed by atoms with Crippen molar-refractivity contribution in [3.05, 3.63) is 52.3 Å². The number of carbonyl (C=O) groups is 1. The van der Waals surface area contributed by atoms with Crippen LogP contribution in [0.5, 0.6) is 0 Å². The number of nitrogens with two attached hydrogens (primary N) is 1. The van der Waals surface area contributed by atoms with Crippen LogP contribution in [0.2, 0.25) is 0 Å².